The Morgan fingerprint density at radius 2 is 2.00 bits per heavy atom. The standard InChI is InChI=1S/C15H17ClN2O2/c1-4-18(5-2)15-12(14(16)19)9-10-8-11(20-3)6-7-13(10)17-15/h6-9H,4-5H2,1-3H3. The van der Waals surface area contributed by atoms with Crippen LogP contribution >= 0.6 is 11.6 Å². The number of anilines is 1. The molecule has 0 fully saturated rings. The molecule has 0 unspecified atom stereocenters. The summed E-state index contributed by atoms with van der Waals surface area (Å²) in [7, 11) is 1.60. The van der Waals surface area contributed by atoms with Crippen LogP contribution in [0.25, 0.3) is 10.9 Å². The van der Waals surface area contributed by atoms with Gasteiger partial charge in [-0.1, -0.05) is 0 Å². The van der Waals surface area contributed by atoms with Crippen molar-refractivity contribution in [3.63, 3.8) is 0 Å². The van der Waals surface area contributed by atoms with Crippen LogP contribution in [0.4, 0.5) is 5.82 Å². The van der Waals surface area contributed by atoms with Gasteiger partial charge in [-0.2, -0.15) is 0 Å². The van der Waals surface area contributed by atoms with Crippen LogP contribution in [-0.2, 0) is 0 Å². The molecule has 20 heavy (non-hydrogen) atoms. The molecule has 5 heteroatoms. The molecule has 0 aliphatic rings. The zero-order chi connectivity index (χ0) is 14.7. The Kier molecular flexibility index (Phi) is 4.45. The number of benzene rings is 1. The lowest BCUT2D eigenvalue weighted by molar-refractivity contribution is 0.108. The molecular formula is C15H17ClN2O2. The van der Waals surface area contributed by atoms with Crippen molar-refractivity contribution in [3.8, 4) is 5.75 Å². The number of nitrogens with zero attached hydrogens (tertiary/aromatic N) is 2. The molecule has 1 aromatic heterocycles. The number of carbonyl (C=O) groups is 1. The molecule has 2 aromatic rings. The SMILES string of the molecule is CCN(CC)c1nc2ccc(OC)cc2cc1C(=O)Cl. The van der Waals surface area contributed by atoms with Crippen LogP contribution in [0.1, 0.15) is 24.2 Å². The van der Waals surface area contributed by atoms with Crippen molar-refractivity contribution in [1.29, 1.82) is 0 Å². The molecule has 4 nitrogen and oxygen atoms in total. The van der Waals surface area contributed by atoms with Gasteiger partial charge in [0, 0.05) is 18.5 Å². The van der Waals surface area contributed by atoms with Gasteiger partial charge in [0.25, 0.3) is 5.24 Å². The second kappa shape index (κ2) is 6.09. The van der Waals surface area contributed by atoms with Crippen molar-refractivity contribution in [2.45, 2.75) is 13.8 Å². The third-order valence-corrected chi connectivity index (χ3v) is 3.48. The zero-order valence-corrected chi connectivity index (χ0v) is 12.6. The van der Waals surface area contributed by atoms with Gasteiger partial charge >= 0.3 is 0 Å². The predicted octanol–water partition coefficient (Wildman–Crippen LogP) is 3.47. The summed E-state index contributed by atoms with van der Waals surface area (Å²) in [4.78, 5) is 18.3. The van der Waals surface area contributed by atoms with E-state index in [0.29, 0.717) is 11.4 Å². The molecule has 0 saturated heterocycles. The highest BCUT2D eigenvalue weighted by molar-refractivity contribution is 6.68. The van der Waals surface area contributed by atoms with Gasteiger partial charge in [0.05, 0.1) is 18.2 Å². The smallest absolute Gasteiger partial charge is 0.256 e. The highest BCUT2D eigenvalue weighted by Gasteiger charge is 2.16. The highest BCUT2D eigenvalue weighted by Crippen LogP contribution is 2.27. The molecular weight excluding hydrogens is 276 g/mol. The maximum Gasteiger partial charge on any atom is 0.256 e. The fraction of sp³-hybridized carbons (Fsp3) is 0.333. The van der Waals surface area contributed by atoms with E-state index >= 15 is 0 Å². The van der Waals surface area contributed by atoms with E-state index in [2.05, 4.69) is 4.98 Å². The first-order chi connectivity index (χ1) is 9.60. The second-order valence-electron chi connectivity index (χ2n) is 4.36. The summed E-state index contributed by atoms with van der Waals surface area (Å²) in [6.45, 7) is 5.57. The number of fused-ring (bicyclic) bond motifs is 1. The van der Waals surface area contributed by atoms with Gasteiger partial charge in [0.15, 0.2) is 0 Å². The largest absolute Gasteiger partial charge is 0.497 e. The summed E-state index contributed by atoms with van der Waals surface area (Å²) in [6, 6.07) is 7.35. The molecule has 0 radical (unpaired) electrons. The number of carbonyl (C=O) groups excluding carboxylic acids is 1. The quantitative estimate of drug-likeness (QED) is 0.792. The van der Waals surface area contributed by atoms with Gasteiger partial charge in [-0.25, -0.2) is 4.98 Å². The van der Waals surface area contributed by atoms with E-state index in [-0.39, 0.29) is 0 Å². The van der Waals surface area contributed by atoms with E-state index in [9.17, 15) is 4.79 Å². The third-order valence-electron chi connectivity index (χ3n) is 3.28. The number of hydrogen-bond acceptors (Lipinski definition) is 4. The minimum Gasteiger partial charge on any atom is -0.497 e. The van der Waals surface area contributed by atoms with Crippen molar-refractivity contribution in [2.75, 3.05) is 25.1 Å². The summed E-state index contributed by atoms with van der Waals surface area (Å²) >= 11 is 5.70. The summed E-state index contributed by atoms with van der Waals surface area (Å²) in [5.74, 6) is 1.36. The predicted molar refractivity (Wildman–Crippen MR) is 82.0 cm³/mol. The van der Waals surface area contributed by atoms with Crippen LogP contribution in [0.2, 0.25) is 0 Å². The van der Waals surface area contributed by atoms with Crippen molar-refractivity contribution in [1.82, 2.24) is 4.98 Å². The van der Waals surface area contributed by atoms with E-state index in [0.717, 1.165) is 29.7 Å². The molecule has 0 spiro atoms. The van der Waals surface area contributed by atoms with Crippen LogP contribution in [0.5, 0.6) is 5.75 Å². The Morgan fingerprint density at radius 3 is 2.55 bits per heavy atom. The minimum absolute atomic E-state index is 0.427. The van der Waals surface area contributed by atoms with Crippen molar-refractivity contribution in [2.24, 2.45) is 0 Å². The molecule has 1 aromatic carbocycles. The minimum atomic E-state index is -0.496. The third kappa shape index (κ3) is 2.70. The summed E-state index contributed by atoms with van der Waals surface area (Å²) < 4.78 is 5.19. The number of halogens is 1. The molecule has 0 bridgehead atoms. The van der Waals surface area contributed by atoms with Gasteiger partial charge < -0.3 is 9.64 Å². The summed E-state index contributed by atoms with van der Waals surface area (Å²) in [5, 5.41) is 0.341. The number of aromatic nitrogens is 1. The molecule has 0 N–H and O–H groups in total. The van der Waals surface area contributed by atoms with Crippen LogP contribution < -0.4 is 9.64 Å². The lowest BCUT2D eigenvalue weighted by Gasteiger charge is -2.22. The van der Waals surface area contributed by atoms with E-state index in [1.165, 1.54) is 0 Å². The number of hydrogen-bond donors (Lipinski definition) is 0. The fourth-order valence-corrected chi connectivity index (χ4v) is 2.32. The molecule has 0 aliphatic heterocycles. The molecule has 0 amide bonds. The zero-order valence-electron chi connectivity index (χ0n) is 11.8. The van der Waals surface area contributed by atoms with Crippen LogP contribution in [0.15, 0.2) is 24.3 Å². The molecule has 0 aliphatic carbocycles. The van der Waals surface area contributed by atoms with E-state index < -0.39 is 5.24 Å². The average molecular weight is 293 g/mol. The molecule has 0 saturated carbocycles. The fourth-order valence-electron chi connectivity index (χ4n) is 2.18. The Hall–Kier alpha value is -1.81. The Labute approximate surface area is 123 Å². The maximum absolute atomic E-state index is 11.7. The van der Waals surface area contributed by atoms with Crippen LogP contribution in [0, 0.1) is 0 Å². The van der Waals surface area contributed by atoms with Gasteiger partial charge in [0.1, 0.15) is 11.6 Å². The topological polar surface area (TPSA) is 42.4 Å². The van der Waals surface area contributed by atoms with Crippen molar-refractivity contribution >= 4 is 33.6 Å². The summed E-state index contributed by atoms with van der Waals surface area (Å²) in [5.41, 5.74) is 1.24. The van der Waals surface area contributed by atoms with E-state index in [1.54, 1.807) is 13.2 Å². The molecule has 2 rings (SSSR count). The van der Waals surface area contributed by atoms with Crippen molar-refractivity contribution in [3.05, 3.63) is 29.8 Å². The second-order valence-corrected chi connectivity index (χ2v) is 4.71. The van der Waals surface area contributed by atoms with Gasteiger partial charge in [-0.3, -0.25) is 4.79 Å². The summed E-state index contributed by atoms with van der Waals surface area (Å²) in [6.07, 6.45) is 0. The normalized spacial score (nSPS) is 10.6. The molecule has 0 atom stereocenters. The Balaban J connectivity index is 2.67. The Bertz CT molecular complexity index is 639. The number of methoxy groups -OCH3 is 1. The van der Waals surface area contributed by atoms with Gasteiger partial charge in [-0.05, 0) is 49.7 Å². The number of pyridine rings is 1. The van der Waals surface area contributed by atoms with Crippen molar-refractivity contribution < 1.29 is 9.53 Å². The monoisotopic (exact) mass is 292 g/mol. The number of rotatable bonds is 5. The van der Waals surface area contributed by atoms with Crippen LogP contribution in [-0.4, -0.2) is 30.4 Å². The van der Waals surface area contributed by atoms with Gasteiger partial charge in [0.2, 0.25) is 0 Å². The first kappa shape index (κ1) is 14.6. The highest BCUT2D eigenvalue weighted by atomic mass is 35.5. The lowest BCUT2D eigenvalue weighted by atomic mass is 10.1. The number of ether oxygens (including phenoxy) is 1. The Morgan fingerprint density at radius 1 is 1.30 bits per heavy atom. The first-order valence-corrected chi connectivity index (χ1v) is 6.92. The van der Waals surface area contributed by atoms with E-state index in [4.69, 9.17) is 16.3 Å². The molecule has 106 valence electrons. The van der Waals surface area contributed by atoms with Crippen LogP contribution in [0.3, 0.4) is 0 Å². The van der Waals surface area contributed by atoms with E-state index in [1.807, 2.05) is 36.9 Å². The average Bonchev–Trinajstić information content (AvgIpc) is 2.47. The first-order valence-electron chi connectivity index (χ1n) is 6.54. The maximum atomic E-state index is 11.7. The molecule has 1 heterocycles. The lowest BCUT2D eigenvalue weighted by Crippen LogP contribution is -2.25. The van der Waals surface area contributed by atoms with Gasteiger partial charge in [-0.15, -0.1) is 0 Å².